The summed E-state index contributed by atoms with van der Waals surface area (Å²) < 4.78 is 0. The summed E-state index contributed by atoms with van der Waals surface area (Å²) in [4.78, 5) is 21.2. The largest absolute Gasteiger partial charge is 0.300 e. The summed E-state index contributed by atoms with van der Waals surface area (Å²) in [6.45, 7) is 5.38. The molecular weight excluding hydrogens is 218 g/mol. The summed E-state index contributed by atoms with van der Waals surface area (Å²) in [5.74, 6) is -0.146. The fourth-order valence-corrected chi connectivity index (χ4v) is 1.44. The lowest BCUT2D eigenvalue weighted by atomic mass is 10.0. The van der Waals surface area contributed by atoms with Gasteiger partial charge in [0.25, 0.3) is 0 Å². The van der Waals surface area contributed by atoms with Gasteiger partial charge in [-0.15, -0.1) is 0 Å². The van der Waals surface area contributed by atoms with Gasteiger partial charge in [-0.2, -0.15) is 0 Å². The molecule has 4 nitrogen and oxygen atoms in total. The molecule has 0 heterocycles. The van der Waals surface area contributed by atoms with Crippen LogP contribution in [-0.4, -0.2) is 16.7 Å². The zero-order valence-electron chi connectivity index (χ0n) is 10.6. The van der Waals surface area contributed by atoms with E-state index in [1.807, 2.05) is 44.2 Å². The molecule has 0 amide bonds. The van der Waals surface area contributed by atoms with Crippen LogP contribution in [0.2, 0.25) is 0 Å². The van der Waals surface area contributed by atoms with Crippen LogP contribution in [-0.2, 0) is 11.2 Å². The second kappa shape index (κ2) is 8.44. The van der Waals surface area contributed by atoms with Crippen molar-refractivity contribution < 1.29 is 9.72 Å². The van der Waals surface area contributed by atoms with Crippen molar-refractivity contribution in [2.24, 2.45) is 0 Å². The number of hydrogen-bond acceptors (Lipinski definition) is 3. The number of ketones is 1. The first kappa shape index (κ1) is 15.3. The van der Waals surface area contributed by atoms with E-state index in [-0.39, 0.29) is 17.1 Å². The summed E-state index contributed by atoms with van der Waals surface area (Å²) in [6, 6.07) is 8.38. The molecule has 0 aromatic heterocycles. The van der Waals surface area contributed by atoms with Crippen molar-refractivity contribution in [3.8, 4) is 0 Å². The van der Waals surface area contributed by atoms with Crippen LogP contribution < -0.4 is 0 Å². The van der Waals surface area contributed by atoms with E-state index in [4.69, 9.17) is 0 Å². The molecule has 1 unspecified atom stereocenters. The van der Waals surface area contributed by atoms with Gasteiger partial charge in [0.05, 0.1) is 6.42 Å². The molecule has 0 N–H and O–H groups in total. The highest BCUT2D eigenvalue weighted by Gasteiger charge is 2.22. The number of Topliss-reactive ketones (excluding diaryl/α,β-unsaturated/α-hetero) is 1. The van der Waals surface area contributed by atoms with Gasteiger partial charge in [-0.25, -0.2) is 0 Å². The smallest absolute Gasteiger partial charge is 0.224 e. The zero-order valence-corrected chi connectivity index (χ0v) is 10.6. The van der Waals surface area contributed by atoms with Gasteiger partial charge in [0.2, 0.25) is 6.04 Å². The highest BCUT2D eigenvalue weighted by atomic mass is 16.6. The molecule has 94 valence electrons. The summed E-state index contributed by atoms with van der Waals surface area (Å²) >= 11 is 0. The van der Waals surface area contributed by atoms with Crippen molar-refractivity contribution in [3.05, 3.63) is 46.0 Å². The Morgan fingerprint density at radius 3 is 2.24 bits per heavy atom. The zero-order chi connectivity index (χ0) is 13.3. The van der Waals surface area contributed by atoms with Gasteiger partial charge in [-0.05, 0) is 12.5 Å². The minimum absolute atomic E-state index is 0.00188. The van der Waals surface area contributed by atoms with E-state index in [0.717, 1.165) is 5.56 Å². The van der Waals surface area contributed by atoms with E-state index in [0.29, 0.717) is 6.42 Å². The molecular formula is C13H19NO3. The van der Waals surface area contributed by atoms with Gasteiger partial charge in [-0.1, -0.05) is 44.2 Å². The summed E-state index contributed by atoms with van der Waals surface area (Å²) in [6.07, 6.45) is 0.315. The Labute approximate surface area is 102 Å². The molecule has 0 saturated heterocycles. The SMILES string of the molecule is CC.CC(=O)CC(Cc1ccccc1)[N+](=O)[O-]. The Morgan fingerprint density at radius 2 is 1.82 bits per heavy atom. The predicted molar refractivity (Wildman–Crippen MR) is 67.6 cm³/mol. The Balaban J connectivity index is 0.00000121. The molecule has 0 aliphatic rings. The van der Waals surface area contributed by atoms with Crippen LogP contribution in [0.15, 0.2) is 30.3 Å². The topological polar surface area (TPSA) is 60.2 Å². The van der Waals surface area contributed by atoms with E-state index in [1.54, 1.807) is 0 Å². The number of nitro groups is 1. The maximum absolute atomic E-state index is 10.8. The van der Waals surface area contributed by atoms with Crippen molar-refractivity contribution in [3.63, 3.8) is 0 Å². The summed E-state index contributed by atoms with van der Waals surface area (Å²) in [5.41, 5.74) is 0.889. The maximum Gasteiger partial charge on any atom is 0.224 e. The summed E-state index contributed by atoms with van der Waals surface area (Å²) in [7, 11) is 0. The third-order valence-electron chi connectivity index (χ3n) is 2.14. The molecule has 1 aromatic carbocycles. The van der Waals surface area contributed by atoms with Crippen LogP contribution >= 0.6 is 0 Å². The first-order valence-corrected chi connectivity index (χ1v) is 5.76. The molecule has 0 fully saturated rings. The van der Waals surface area contributed by atoms with Crippen molar-refractivity contribution in [1.29, 1.82) is 0 Å². The molecule has 0 aliphatic carbocycles. The van der Waals surface area contributed by atoms with Gasteiger partial charge in [0, 0.05) is 11.3 Å². The monoisotopic (exact) mass is 237 g/mol. The van der Waals surface area contributed by atoms with Gasteiger partial charge in [0.1, 0.15) is 5.78 Å². The molecule has 1 aromatic rings. The molecule has 1 rings (SSSR count). The Kier molecular flexibility index (Phi) is 7.59. The number of rotatable bonds is 5. The quantitative estimate of drug-likeness (QED) is 0.584. The van der Waals surface area contributed by atoms with Crippen LogP contribution in [0.3, 0.4) is 0 Å². The number of hydrogen-bond donors (Lipinski definition) is 0. The molecule has 17 heavy (non-hydrogen) atoms. The highest BCUT2D eigenvalue weighted by Crippen LogP contribution is 2.08. The van der Waals surface area contributed by atoms with Crippen LogP contribution in [0.4, 0.5) is 0 Å². The van der Waals surface area contributed by atoms with Crippen LogP contribution in [0.5, 0.6) is 0 Å². The van der Waals surface area contributed by atoms with Crippen molar-refractivity contribution >= 4 is 5.78 Å². The van der Waals surface area contributed by atoms with Gasteiger partial charge >= 0.3 is 0 Å². The second-order valence-corrected chi connectivity index (χ2v) is 3.54. The number of nitrogens with zero attached hydrogens (tertiary/aromatic N) is 1. The lowest BCUT2D eigenvalue weighted by Crippen LogP contribution is -2.24. The third kappa shape index (κ3) is 6.45. The lowest BCUT2D eigenvalue weighted by Gasteiger charge is -2.07. The molecule has 0 bridgehead atoms. The minimum atomic E-state index is -0.801. The van der Waals surface area contributed by atoms with Crippen molar-refractivity contribution in [2.75, 3.05) is 0 Å². The van der Waals surface area contributed by atoms with Crippen LogP contribution in [0, 0.1) is 10.1 Å². The first-order valence-electron chi connectivity index (χ1n) is 5.76. The Morgan fingerprint density at radius 1 is 1.29 bits per heavy atom. The first-order chi connectivity index (χ1) is 8.09. The number of benzene rings is 1. The predicted octanol–water partition coefficient (Wildman–Crippen LogP) is 2.88. The molecule has 0 saturated carbocycles. The van der Waals surface area contributed by atoms with E-state index in [1.165, 1.54) is 6.92 Å². The number of carbonyl (C=O) groups excluding carboxylic acids is 1. The maximum atomic E-state index is 10.8. The normalized spacial score (nSPS) is 11.0. The Bertz CT molecular complexity index is 349. The van der Waals surface area contributed by atoms with Gasteiger partial charge in [0.15, 0.2) is 0 Å². The van der Waals surface area contributed by atoms with Gasteiger partial charge < -0.3 is 0 Å². The standard InChI is InChI=1S/C11H13NO3.C2H6/c1-9(13)7-11(12(14)15)8-10-5-3-2-4-6-10;1-2/h2-6,11H,7-8H2,1H3;1-2H3. The molecule has 0 radical (unpaired) electrons. The van der Waals surface area contributed by atoms with E-state index < -0.39 is 6.04 Å². The van der Waals surface area contributed by atoms with Crippen LogP contribution in [0.1, 0.15) is 32.8 Å². The summed E-state index contributed by atoms with van der Waals surface area (Å²) in [5, 5.41) is 10.7. The molecule has 1 atom stereocenters. The van der Waals surface area contributed by atoms with Crippen LogP contribution in [0.25, 0.3) is 0 Å². The molecule has 0 spiro atoms. The fraction of sp³-hybridized carbons (Fsp3) is 0.462. The van der Waals surface area contributed by atoms with E-state index in [9.17, 15) is 14.9 Å². The second-order valence-electron chi connectivity index (χ2n) is 3.54. The molecule has 4 heteroatoms. The average molecular weight is 237 g/mol. The lowest BCUT2D eigenvalue weighted by molar-refractivity contribution is -0.520. The van der Waals surface area contributed by atoms with Crippen molar-refractivity contribution in [2.45, 2.75) is 39.7 Å². The van der Waals surface area contributed by atoms with E-state index >= 15 is 0 Å². The molecule has 0 aliphatic heterocycles. The average Bonchev–Trinajstić information content (AvgIpc) is 2.31. The van der Waals surface area contributed by atoms with E-state index in [2.05, 4.69) is 0 Å². The third-order valence-corrected chi connectivity index (χ3v) is 2.14. The van der Waals surface area contributed by atoms with Gasteiger partial charge in [-0.3, -0.25) is 14.9 Å². The Hall–Kier alpha value is -1.71. The highest BCUT2D eigenvalue weighted by molar-refractivity contribution is 5.75. The number of carbonyl (C=O) groups is 1. The fourth-order valence-electron chi connectivity index (χ4n) is 1.44. The minimum Gasteiger partial charge on any atom is -0.300 e. The van der Waals surface area contributed by atoms with Crippen molar-refractivity contribution in [1.82, 2.24) is 0 Å².